The molecule has 1 unspecified atom stereocenters. The molecule has 3 rings (SSSR count). The van der Waals surface area contributed by atoms with E-state index in [1.165, 1.54) is 11.8 Å². The molecule has 0 aliphatic rings. The number of rotatable bonds is 9. The number of carbonyl (C=O) groups is 1. The van der Waals surface area contributed by atoms with Crippen LogP contribution in [0.4, 0.5) is 0 Å². The molecule has 2 aromatic heterocycles. The molecule has 0 radical (unpaired) electrons. The first-order valence-corrected chi connectivity index (χ1v) is 10.5. The maximum atomic E-state index is 12.7. The number of carbonyl (C=O) groups excluding carboxylic acids is 1. The van der Waals surface area contributed by atoms with Crippen LogP contribution in [0, 0.1) is 0 Å². The zero-order chi connectivity index (χ0) is 20.8. The van der Waals surface area contributed by atoms with Crippen LogP contribution in [0.5, 0.6) is 5.75 Å². The molecule has 0 saturated heterocycles. The third-order valence-corrected chi connectivity index (χ3v) is 5.73. The zero-order valence-corrected chi connectivity index (χ0v) is 18.0. The first kappa shape index (κ1) is 21.0. The van der Waals surface area contributed by atoms with E-state index in [1.807, 2.05) is 66.6 Å². The second kappa shape index (κ2) is 9.65. The molecular weight excluding hydrogens is 388 g/mol. The average Bonchev–Trinajstić information content (AvgIpc) is 3.40. The van der Waals surface area contributed by atoms with Gasteiger partial charge in [-0.2, -0.15) is 0 Å². The highest BCUT2D eigenvalue weighted by molar-refractivity contribution is 8.00. The van der Waals surface area contributed by atoms with Crippen LogP contribution >= 0.6 is 11.8 Å². The lowest BCUT2D eigenvalue weighted by molar-refractivity contribution is -0.129. The van der Waals surface area contributed by atoms with Crippen LogP contribution in [-0.2, 0) is 11.3 Å². The zero-order valence-electron chi connectivity index (χ0n) is 17.2. The minimum absolute atomic E-state index is 0.0959. The highest BCUT2D eigenvalue weighted by atomic mass is 32.2. The van der Waals surface area contributed by atoms with Gasteiger partial charge in [0, 0.05) is 18.7 Å². The minimum Gasteiger partial charge on any atom is -0.497 e. The first-order valence-electron chi connectivity index (χ1n) is 9.62. The van der Waals surface area contributed by atoms with Crippen molar-refractivity contribution in [3.63, 3.8) is 0 Å². The molecule has 0 saturated carbocycles. The van der Waals surface area contributed by atoms with Gasteiger partial charge in [-0.25, -0.2) is 0 Å². The van der Waals surface area contributed by atoms with Gasteiger partial charge >= 0.3 is 0 Å². The molecule has 8 heteroatoms. The van der Waals surface area contributed by atoms with Gasteiger partial charge in [0.1, 0.15) is 11.5 Å². The van der Waals surface area contributed by atoms with E-state index >= 15 is 0 Å². The summed E-state index contributed by atoms with van der Waals surface area (Å²) in [4.78, 5) is 14.5. The van der Waals surface area contributed by atoms with Crippen molar-refractivity contribution in [3.8, 4) is 17.1 Å². The molecule has 0 spiro atoms. The number of aromatic nitrogens is 3. The van der Waals surface area contributed by atoms with E-state index in [0.29, 0.717) is 30.6 Å². The molecule has 154 valence electrons. The van der Waals surface area contributed by atoms with Crippen molar-refractivity contribution in [1.82, 2.24) is 19.7 Å². The number of thioether (sulfide) groups is 1. The fraction of sp³-hybridized carbons (Fsp3) is 0.381. The third-order valence-electron chi connectivity index (χ3n) is 4.66. The van der Waals surface area contributed by atoms with Crippen molar-refractivity contribution in [1.29, 1.82) is 0 Å². The standard InChI is InChI=1S/C21H26N4O3S/c1-5-24(6-2)20(26)15(3)29-21-23-22-19(16-9-11-17(27-4)12-10-16)25(21)14-18-8-7-13-28-18/h7-13,15H,5-6,14H2,1-4H3. The van der Waals surface area contributed by atoms with Crippen LogP contribution in [0.15, 0.2) is 52.2 Å². The fourth-order valence-corrected chi connectivity index (χ4v) is 3.96. The Morgan fingerprint density at radius 1 is 1.21 bits per heavy atom. The monoisotopic (exact) mass is 414 g/mol. The molecule has 0 fully saturated rings. The van der Waals surface area contributed by atoms with Crippen molar-refractivity contribution < 1.29 is 13.9 Å². The molecule has 7 nitrogen and oxygen atoms in total. The Hall–Kier alpha value is -2.74. The van der Waals surface area contributed by atoms with Crippen LogP contribution in [-0.4, -0.2) is 51.0 Å². The van der Waals surface area contributed by atoms with Crippen molar-refractivity contribution >= 4 is 17.7 Å². The Labute approximate surface area is 175 Å². The summed E-state index contributed by atoms with van der Waals surface area (Å²) in [5, 5.41) is 9.20. The van der Waals surface area contributed by atoms with E-state index in [4.69, 9.17) is 9.15 Å². The minimum atomic E-state index is -0.266. The van der Waals surface area contributed by atoms with Crippen LogP contribution < -0.4 is 4.74 Å². The van der Waals surface area contributed by atoms with Gasteiger partial charge in [-0.05, 0) is 57.2 Å². The highest BCUT2D eigenvalue weighted by Gasteiger charge is 2.24. The van der Waals surface area contributed by atoms with Gasteiger partial charge in [0.25, 0.3) is 0 Å². The van der Waals surface area contributed by atoms with Crippen molar-refractivity contribution in [2.75, 3.05) is 20.2 Å². The molecule has 0 aliphatic heterocycles. The summed E-state index contributed by atoms with van der Waals surface area (Å²) in [7, 11) is 1.64. The van der Waals surface area contributed by atoms with E-state index in [1.54, 1.807) is 13.4 Å². The Morgan fingerprint density at radius 3 is 2.52 bits per heavy atom. The van der Waals surface area contributed by atoms with Gasteiger partial charge in [-0.1, -0.05) is 11.8 Å². The number of furan rings is 1. The third kappa shape index (κ3) is 4.82. The Balaban J connectivity index is 1.92. The molecule has 29 heavy (non-hydrogen) atoms. The van der Waals surface area contributed by atoms with E-state index in [9.17, 15) is 4.79 Å². The van der Waals surface area contributed by atoms with Gasteiger partial charge in [-0.15, -0.1) is 10.2 Å². The molecular formula is C21H26N4O3S. The molecule has 1 amide bonds. The molecule has 3 aromatic rings. The molecule has 1 atom stereocenters. The molecule has 1 aromatic carbocycles. The predicted octanol–water partition coefficient (Wildman–Crippen LogP) is 3.94. The molecule has 0 bridgehead atoms. The lowest BCUT2D eigenvalue weighted by atomic mass is 10.2. The van der Waals surface area contributed by atoms with Crippen LogP contribution in [0.3, 0.4) is 0 Å². The summed E-state index contributed by atoms with van der Waals surface area (Å²) >= 11 is 1.41. The Morgan fingerprint density at radius 2 is 1.93 bits per heavy atom. The smallest absolute Gasteiger partial charge is 0.235 e. The topological polar surface area (TPSA) is 73.4 Å². The van der Waals surface area contributed by atoms with Crippen LogP contribution in [0.1, 0.15) is 26.5 Å². The Kier molecular flexibility index (Phi) is 6.98. The maximum absolute atomic E-state index is 12.7. The number of benzene rings is 1. The molecule has 0 aliphatic carbocycles. The lowest BCUT2D eigenvalue weighted by Gasteiger charge is -2.22. The summed E-state index contributed by atoms with van der Waals surface area (Å²) in [5.41, 5.74) is 0.916. The van der Waals surface area contributed by atoms with E-state index in [-0.39, 0.29) is 11.2 Å². The Bertz CT molecular complexity index is 918. The largest absolute Gasteiger partial charge is 0.497 e. The SMILES string of the molecule is CCN(CC)C(=O)C(C)Sc1nnc(-c2ccc(OC)cc2)n1Cc1ccco1. The number of hydrogen-bond donors (Lipinski definition) is 0. The normalized spacial score (nSPS) is 12.0. The highest BCUT2D eigenvalue weighted by Crippen LogP contribution is 2.29. The van der Waals surface area contributed by atoms with Crippen molar-refractivity contribution in [2.45, 2.75) is 37.7 Å². The van der Waals surface area contributed by atoms with Gasteiger partial charge in [0.2, 0.25) is 5.91 Å². The lowest BCUT2D eigenvalue weighted by Crippen LogP contribution is -2.36. The second-order valence-corrected chi connectivity index (χ2v) is 7.78. The summed E-state index contributed by atoms with van der Waals surface area (Å²) in [6, 6.07) is 11.4. The number of amides is 1. The molecule has 2 heterocycles. The van der Waals surface area contributed by atoms with Crippen LogP contribution in [0.2, 0.25) is 0 Å². The van der Waals surface area contributed by atoms with E-state index in [0.717, 1.165) is 17.1 Å². The quantitative estimate of drug-likeness (QED) is 0.494. The second-order valence-electron chi connectivity index (χ2n) is 6.47. The summed E-state index contributed by atoms with van der Waals surface area (Å²) in [6.45, 7) is 7.74. The van der Waals surface area contributed by atoms with E-state index < -0.39 is 0 Å². The summed E-state index contributed by atoms with van der Waals surface area (Å²) in [6.07, 6.45) is 1.64. The van der Waals surface area contributed by atoms with Gasteiger partial charge in [0.15, 0.2) is 11.0 Å². The van der Waals surface area contributed by atoms with Gasteiger partial charge in [-0.3, -0.25) is 9.36 Å². The van der Waals surface area contributed by atoms with Crippen LogP contribution in [0.25, 0.3) is 11.4 Å². The van der Waals surface area contributed by atoms with Crippen molar-refractivity contribution in [3.05, 3.63) is 48.4 Å². The van der Waals surface area contributed by atoms with Gasteiger partial charge < -0.3 is 14.1 Å². The predicted molar refractivity (Wildman–Crippen MR) is 113 cm³/mol. The average molecular weight is 415 g/mol. The fourth-order valence-electron chi connectivity index (χ4n) is 3.03. The van der Waals surface area contributed by atoms with Gasteiger partial charge in [0.05, 0.1) is 25.2 Å². The maximum Gasteiger partial charge on any atom is 0.235 e. The van der Waals surface area contributed by atoms with E-state index in [2.05, 4.69) is 10.2 Å². The summed E-state index contributed by atoms with van der Waals surface area (Å²) < 4.78 is 12.8. The number of ether oxygens (including phenoxy) is 1. The molecule has 0 N–H and O–H groups in total. The first-order chi connectivity index (χ1) is 14.1. The number of nitrogens with zero attached hydrogens (tertiary/aromatic N) is 4. The summed E-state index contributed by atoms with van der Waals surface area (Å²) in [5.74, 6) is 2.38. The number of methoxy groups -OCH3 is 1. The van der Waals surface area contributed by atoms with Crippen molar-refractivity contribution in [2.24, 2.45) is 0 Å². The number of hydrogen-bond acceptors (Lipinski definition) is 6.